The maximum Gasteiger partial charge on any atom is 0.358 e. The molecule has 1 aromatic heterocycles. The summed E-state index contributed by atoms with van der Waals surface area (Å²) in [4.78, 5) is 14.8. The molecule has 0 aliphatic carbocycles. The smallest absolute Gasteiger partial charge is 0.358 e. The zero-order valence-corrected chi connectivity index (χ0v) is 9.81. The van der Waals surface area contributed by atoms with Crippen molar-refractivity contribution < 1.29 is 17.9 Å². The van der Waals surface area contributed by atoms with E-state index in [2.05, 4.69) is 14.4 Å². The number of sulfonamides is 1. The lowest BCUT2D eigenvalue weighted by atomic mass is 10.5. The van der Waals surface area contributed by atoms with Crippen molar-refractivity contribution in [1.82, 2.24) is 9.71 Å². The van der Waals surface area contributed by atoms with Crippen LogP contribution in [0.5, 0.6) is 0 Å². The number of methoxy groups -OCH3 is 1. The van der Waals surface area contributed by atoms with Gasteiger partial charge in [0.1, 0.15) is 0 Å². The van der Waals surface area contributed by atoms with Gasteiger partial charge in [-0.1, -0.05) is 6.92 Å². The topological polar surface area (TPSA) is 85.4 Å². The molecule has 0 aliphatic heterocycles. The highest BCUT2D eigenvalue weighted by molar-refractivity contribution is 7.91. The minimum absolute atomic E-state index is 0.115. The number of nitrogens with zero attached hydrogens (tertiary/aromatic N) is 1. The molecule has 0 unspecified atom stereocenters. The van der Waals surface area contributed by atoms with Gasteiger partial charge < -0.3 is 4.74 Å². The lowest BCUT2D eigenvalue weighted by Gasteiger charge is -2.02. The van der Waals surface area contributed by atoms with Crippen LogP contribution >= 0.6 is 11.3 Å². The average molecular weight is 250 g/mol. The van der Waals surface area contributed by atoms with E-state index in [0.29, 0.717) is 0 Å². The normalized spacial score (nSPS) is 11.3. The number of aromatic nitrogens is 1. The Bertz CT molecular complexity index is 451. The summed E-state index contributed by atoms with van der Waals surface area (Å²) in [5.74, 6) is -0.757. The first kappa shape index (κ1) is 12.1. The van der Waals surface area contributed by atoms with Crippen LogP contribution in [0.25, 0.3) is 0 Å². The Hall–Kier alpha value is -0.990. The molecule has 0 aliphatic rings. The lowest BCUT2D eigenvalue weighted by molar-refractivity contribution is 0.0590. The predicted octanol–water partition coefficient (Wildman–Crippen LogP) is 0.228. The summed E-state index contributed by atoms with van der Waals surface area (Å²) in [6.07, 6.45) is 0. The Morgan fingerprint density at radius 3 is 2.87 bits per heavy atom. The highest BCUT2D eigenvalue weighted by atomic mass is 32.2. The van der Waals surface area contributed by atoms with Crippen LogP contribution < -0.4 is 4.72 Å². The van der Waals surface area contributed by atoms with Crippen molar-refractivity contribution in [3.05, 3.63) is 11.2 Å². The van der Waals surface area contributed by atoms with Gasteiger partial charge in [-0.2, -0.15) is 0 Å². The highest BCUT2D eigenvalue weighted by Crippen LogP contribution is 2.20. The molecule has 0 radical (unpaired) electrons. The molecule has 8 heteroatoms. The average Bonchev–Trinajstić information content (AvgIpc) is 2.65. The molecular formula is C7H10N2O4S2. The third kappa shape index (κ3) is 2.52. The number of nitrogens with one attached hydrogen (secondary N) is 1. The van der Waals surface area contributed by atoms with Crippen molar-refractivity contribution in [2.45, 2.75) is 11.1 Å². The van der Waals surface area contributed by atoms with Crippen LogP contribution in [-0.2, 0) is 14.8 Å². The van der Waals surface area contributed by atoms with Crippen molar-refractivity contribution >= 4 is 27.3 Å². The van der Waals surface area contributed by atoms with E-state index in [4.69, 9.17) is 0 Å². The van der Waals surface area contributed by atoms with Gasteiger partial charge >= 0.3 is 5.97 Å². The molecule has 0 bridgehead atoms. The van der Waals surface area contributed by atoms with E-state index in [-0.39, 0.29) is 16.4 Å². The molecule has 1 heterocycles. The van der Waals surface area contributed by atoms with Crippen molar-refractivity contribution in [1.29, 1.82) is 0 Å². The molecular weight excluding hydrogens is 240 g/mol. The predicted molar refractivity (Wildman–Crippen MR) is 54.3 cm³/mol. The number of esters is 1. The third-order valence-electron chi connectivity index (χ3n) is 1.49. The Morgan fingerprint density at radius 1 is 1.67 bits per heavy atom. The molecule has 0 saturated heterocycles. The first-order valence-electron chi connectivity index (χ1n) is 4.04. The number of hydrogen-bond donors (Lipinski definition) is 1. The Morgan fingerprint density at radius 2 is 2.33 bits per heavy atom. The van der Waals surface area contributed by atoms with Crippen LogP contribution in [-0.4, -0.2) is 33.0 Å². The monoisotopic (exact) mass is 250 g/mol. The summed E-state index contributed by atoms with van der Waals surface area (Å²) in [5, 5.41) is 0. The standard InChI is InChI=1S/C7H10N2O4S2/c1-3-9-15(11,12)7-5(6(10)13-2)8-4-14-7/h4,9H,3H2,1-2H3. The SMILES string of the molecule is CCNS(=O)(=O)c1scnc1C(=O)OC. The van der Waals surface area contributed by atoms with Crippen LogP contribution in [0.1, 0.15) is 17.4 Å². The molecule has 15 heavy (non-hydrogen) atoms. The largest absolute Gasteiger partial charge is 0.464 e. The van der Waals surface area contributed by atoms with Crippen molar-refractivity contribution in [2.75, 3.05) is 13.7 Å². The van der Waals surface area contributed by atoms with Crippen LogP contribution in [0, 0.1) is 0 Å². The third-order valence-corrected chi connectivity index (χ3v) is 4.41. The van der Waals surface area contributed by atoms with Gasteiger partial charge in [-0.15, -0.1) is 11.3 Å². The number of thiazole rings is 1. The van der Waals surface area contributed by atoms with E-state index in [1.54, 1.807) is 6.92 Å². The van der Waals surface area contributed by atoms with Gasteiger partial charge in [0.2, 0.25) is 0 Å². The summed E-state index contributed by atoms with van der Waals surface area (Å²) in [5.41, 5.74) is 1.11. The summed E-state index contributed by atoms with van der Waals surface area (Å²) in [6, 6.07) is 0. The quantitative estimate of drug-likeness (QED) is 0.773. The second kappa shape index (κ2) is 4.69. The van der Waals surface area contributed by atoms with Gasteiger partial charge in [-0.05, 0) is 0 Å². The first-order chi connectivity index (χ1) is 7.03. The second-order valence-corrected chi connectivity index (χ2v) is 5.30. The van der Waals surface area contributed by atoms with Gasteiger partial charge in [-0.25, -0.2) is 22.9 Å². The summed E-state index contributed by atoms with van der Waals surface area (Å²) in [6.45, 7) is 1.90. The van der Waals surface area contributed by atoms with Crippen LogP contribution in [0.2, 0.25) is 0 Å². The number of rotatable bonds is 4. The van der Waals surface area contributed by atoms with E-state index >= 15 is 0 Å². The zero-order valence-electron chi connectivity index (χ0n) is 8.18. The van der Waals surface area contributed by atoms with Gasteiger partial charge in [-0.3, -0.25) is 0 Å². The van der Waals surface area contributed by atoms with Crippen LogP contribution in [0.15, 0.2) is 9.72 Å². The second-order valence-electron chi connectivity index (χ2n) is 2.48. The van der Waals surface area contributed by atoms with Gasteiger partial charge in [0.15, 0.2) is 9.90 Å². The first-order valence-corrected chi connectivity index (χ1v) is 6.40. The summed E-state index contributed by atoms with van der Waals surface area (Å²) in [7, 11) is -2.48. The summed E-state index contributed by atoms with van der Waals surface area (Å²) < 4.78 is 29.8. The summed E-state index contributed by atoms with van der Waals surface area (Å²) >= 11 is 0.878. The van der Waals surface area contributed by atoms with E-state index in [0.717, 1.165) is 11.3 Å². The maximum atomic E-state index is 11.6. The highest BCUT2D eigenvalue weighted by Gasteiger charge is 2.25. The fraction of sp³-hybridized carbons (Fsp3) is 0.429. The van der Waals surface area contributed by atoms with Crippen molar-refractivity contribution in [3.63, 3.8) is 0 Å². The molecule has 0 fully saturated rings. The molecule has 0 aromatic carbocycles. The number of hydrogen-bond acceptors (Lipinski definition) is 6. The van der Waals surface area contributed by atoms with Gasteiger partial charge in [0.25, 0.3) is 10.0 Å². The maximum absolute atomic E-state index is 11.6. The molecule has 0 atom stereocenters. The lowest BCUT2D eigenvalue weighted by Crippen LogP contribution is -2.24. The van der Waals surface area contributed by atoms with Gasteiger partial charge in [0, 0.05) is 6.54 Å². The van der Waals surface area contributed by atoms with Crippen LogP contribution in [0.3, 0.4) is 0 Å². The molecule has 1 aromatic rings. The minimum atomic E-state index is -3.65. The molecule has 0 spiro atoms. The molecule has 6 nitrogen and oxygen atoms in total. The molecule has 0 amide bonds. The van der Waals surface area contributed by atoms with Crippen LogP contribution in [0.4, 0.5) is 0 Å². The molecule has 1 rings (SSSR count). The van der Waals surface area contributed by atoms with E-state index in [1.807, 2.05) is 0 Å². The number of carbonyl (C=O) groups excluding carboxylic acids is 1. The minimum Gasteiger partial charge on any atom is -0.464 e. The number of ether oxygens (including phenoxy) is 1. The number of carbonyl (C=O) groups is 1. The molecule has 1 N–H and O–H groups in total. The molecule has 0 saturated carbocycles. The fourth-order valence-electron chi connectivity index (χ4n) is 0.914. The van der Waals surface area contributed by atoms with E-state index in [9.17, 15) is 13.2 Å². The molecule has 84 valence electrons. The van der Waals surface area contributed by atoms with Gasteiger partial charge in [0.05, 0.1) is 12.6 Å². The van der Waals surface area contributed by atoms with E-state index in [1.165, 1.54) is 12.6 Å². The van der Waals surface area contributed by atoms with E-state index < -0.39 is 16.0 Å². The Kier molecular flexibility index (Phi) is 3.77. The van der Waals surface area contributed by atoms with Crippen molar-refractivity contribution in [3.8, 4) is 0 Å². The fourth-order valence-corrected chi connectivity index (χ4v) is 3.13. The van der Waals surface area contributed by atoms with Crippen molar-refractivity contribution in [2.24, 2.45) is 0 Å². The zero-order chi connectivity index (χ0) is 11.5. The Balaban J connectivity index is 3.16. The Labute approximate surface area is 91.3 Å².